The lowest BCUT2D eigenvalue weighted by Gasteiger charge is -2.35. The molecular formula is C7H12O. The first kappa shape index (κ1) is 5.80. The fourth-order valence-corrected chi connectivity index (χ4v) is 1.15. The molecule has 0 spiro atoms. The van der Waals surface area contributed by atoms with E-state index in [1.165, 1.54) is 0 Å². The Balaban J connectivity index is 2.40. The van der Waals surface area contributed by atoms with Gasteiger partial charge in [0.05, 0.1) is 0 Å². The Bertz CT molecular complexity index is 108. The van der Waals surface area contributed by atoms with Crippen molar-refractivity contribution in [2.75, 3.05) is 0 Å². The molecule has 0 aromatic carbocycles. The van der Waals surface area contributed by atoms with E-state index in [4.69, 9.17) is 0 Å². The van der Waals surface area contributed by atoms with Gasteiger partial charge in [-0.05, 0) is 11.8 Å². The standard InChI is InChI=1S/C7H12O/c1-3-7(2)4-6(8)5-7/h3-5H2,1-2H3. The molecule has 0 aromatic rings. The van der Waals surface area contributed by atoms with Gasteiger partial charge in [-0.1, -0.05) is 13.8 Å². The molecule has 0 aliphatic heterocycles. The van der Waals surface area contributed by atoms with Gasteiger partial charge in [-0.3, -0.25) is 4.79 Å². The largest absolute Gasteiger partial charge is 0.300 e. The van der Waals surface area contributed by atoms with Gasteiger partial charge in [-0.25, -0.2) is 0 Å². The molecule has 1 saturated carbocycles. The molecule has 1 aliphatic carbocycles. The molecule has 0 heterocycles. The molecule has 1 heteroatoms. The summed E-state index contributed by atoms with van der Waals surface area (Å²) < 4.78 is 0. The smallest absolute Gasteiger partial charge is 0.134 e. The summed E-state index contributed by atoms with van der Waals surface area (Å²) in [5, 5.41) is 0. The van der Waals surface area contributed by atoms with Crippen molar-refractivity contribution in [3.63, 3.8) is 0 Å². The fraction of sp³-hybridized carbons (Fsp3) is 0.857. The quantitative estimate of drug-likeness (QED) is 0.505. The highest BCUT2D eigenvalue weighted by Gasteiger charge is 2.36. The molecule has 1 aliphatic rings. The van der Waals surface area contributed by atoms with Crippen LogP contribution in [0.3, 0.4) is 0 Å². The van der Waals surface area contributed by atoms with Crippen LogP contribution in [-0.2, 0) is 4.79 Å². The number of carbonyl (C=O) groups excluding carboxylic acids is 1. The summed E-state index contributed by atoms with van der Waals surface area (Å²) in [5.41, 5.74) is 0.386. The van der Waals surface area contributed by atoms with Gasteiger partial charge in [0.15, 0.2) is 0 Å². The Labute approximate surface area is 50.1 Å². The maximum absolute atomic E-state index is 10.5. The van der Waals surface area contributed by atoms with Gasteiger partial charge in [0, 0.05) is 12.8 Å². The van der Waals surface area contributed by atoms with E-state index in [2.05, 4.69) is 13.8 Å². The van der Waals surface area contributed by atoms with Crippen LogP contribution in [0.25, 0.3) is 0 Å². The molecule has 0 unspecified atom stereocenters. The lowest BCUT2D eigenvalue weighted by molar-refractivity contribution is -0.131. The lowest BCUT2D eigenvalue weighted by Crippen LogP contribution is -2.33. The third-order valence-electron chi connectivity index (χ3n) is 2.10. The van der Waals surface area contributed by atoms with Crippen molar-refractivity contribution in [1.82, 2.24) is 0 Å². The van der Waals surface area contributed by atoms with Crippen molar-refractivity contribution in [3.8, 4) is 0 Å². The highest BCUT2D eigenvalue weighted by molar-refractivity contribution is 5.85. The van der Waals surface area contributed by atoms with Gasteiger partial charge < -0.3 is 0 Å². The molecule has 46 valence electrons. The molecule has 0 bridgehead atoms. The maximum Gasteiger partial charge on any atom is 0.134 e. The van der Waals surface area contributed by atoms with Crippen LogP contribution in [0.5, 0.6) is 0 Å². The highest BCUT2D eigenvalue weighted by atomic mass is 16.1. The van der Waals surface area contributed by atoms with Crippen molar-refractivity contribution < 1.29 is 4.79 Å². The zero-order valence-corrected chi connectivity index (χ0v) is 5.53. The van der Waals surface area contributed by atoms with Crippen molar-refractivity contribution in [1.29, 1.82) is 0 Å². The van der Waals surface area contributed by atoms with E-state index in [1.54, 1.807) is 0 Å². The maximum atomic E-state index is 10.5. The molecule has 1 rings (SSSR count). The van der Waals surface area contributed by atoms with Crippen molar-refractivity contribution in [3.05, 3.63) is 0 Å². The van der Waals surface area contributed by atoms with Crippen LogP contribution in [0.4, 0.5) is 0 Å². The van der Waals surface area contributed by atoms with Gasteiger partial charge >= 0.3 is 0 Å². The number of rotatable bonds is 1. The Morgan fingerprint density at radius 3 is 2.25 bits per heavy atom. The van der Waals surface area contributed by atoms with Gasteiger partial charge in [0.2, 0.25) is 0 Å². The predicted octanol–water partition coefficient (Wildman–Crippen LogP) is 1.77. The Hall–Kier alpha value is -0.330. The van der Waals surface area contributed by atoms with E-state index < -0.39 is 0 Å². The van der Waals surface area contributed by atoms with Crippen molar-refractivity contribution >= 4 is 5.78 Å². The SMILES string of the molecule is CCC1(C)CC(=O)C1. The topological polar surface area (TPSA) is 17.1 Å². The number of ketones is 1. The van der Waals surface area contributed by atoms with Crippen LogP contribution in [0, 0.1) is 5.41 Å². The van der Waals surface area contributed by atoms with E-state index in [-0.39, 0.29) is 0 Å². The molecule has 0 radical (unpaired) electrons. The van der Waals surface area contributed by atoms with Crippen molar-refractivity contribution in [2.24, 2.45) is 5.41 Å². The van der Waals surface area contributed by atoms with E-state index in [0.717, 1.165) is 19.3 Å². The Morgan fingerprint density at radius 2 is 2.12 bits per heavy atom. The second-order valence-electron chi connectivity index (χ2n) is 3.06. The van der Waals surface area contributed by atoms with Crippen LogP contribution in [0.1, 0.15) is 33.1 Å². The monoisotopic (exact) mass is 112 g/mol. The summed E-state index contributed by atoms with van der Waals surface area (Å²) in [6, 6.07) is 0. The molecule has 0 aromatic heterocycles. The minimum atomic E-state index is 0.386. The van der Waals surface area contributed by atoms with E-state index >= 15 is 0 Å². The molecule has 0 N–H and O–H groups in total. The molecule has 0 amide bonds. The minimum Gasteiger partial charge on any atom is -0.300 e. The first-order valence-corrected chi connectivity index (χ1v) is 3.18. The first-order chi connectivity index (χ1) is 3.66. The fourth-order valence-electron chi connectivity index (χ4n) is 1.15. The zero-order chi connectivity index (χ0) is 6.20. The highest BCUT2D eigenvalue weighted by Crippen LogP contribution is 2.39. The average molecular weight is 112 g/mol. The van der Waals surface area contributed by atoms with Gasteiger partial charge in [-0.2, -0.15) is 0 Å². The lowest BCUT2D eigenvalue weighted by atomic mass is 9.68. The van der Waals surface area contributed by atoms with Gasteiger partial charge in [0.25, 0.3) is 0 Å². The summed E-state index contributed by atoms with van der Waals surface area (Å²) in [7, 11) is 0. The Kier molecular flexibility index (Phi) is 1.14. The second-order valence-corrected chi connectivity index (χ2v) is 3.06. The summed E-state index contributed by atoms with van der Waals surface area (Å²) in [5.74, 6) is 0.439. The number of hydrogen-bond donors (Lipinski definition) is 0. The third-order valence-corrected chi connectivity index (χ3v) is 2.10. The van der Waals surface area contributed by atoms with Gasteiger partial charge in [0.1, 0.15) is 5.78 Å². The van der Waals surface area contributed by atoms with Crippen LogP contribution < -0.4 is 0 Å². The third kappa shape index (κ3) is 0.770. The van der Waals surface area contributed by atoms with Crippen LogP contribution in [0.2, 0.25) is 0 Å². The van der Waals surface area contributed by atoms with Crippen LogP contribution in [0.15, 0.2) is 0 Å². The summed E-state index contributed by atoms with van der Waals surface area (Å²) >= 11 is 0. The van der Waals surface area contributed by atoms with Crippen molar-refractivity contribution in [2.45, 2.75) is 33.1 Å². The molecule has 0 atom stereocenters. The Morgan fingerprint density at radius 1 is 1.62 bits per heavy atom. The second kappa shape index (κ2) is 1.57. The number of hydrogen-bond acceptors (Lipinski definition) is 1. The molecule has 1 nitrogen and oxygen atoms in total. The summed E-state index contributed by atoms with van der Waals surface area (Å²) in [6.07, 6.45) is 2.80. The normalized spacial score (nSPS) is 25.0. The van der Waals surface area contributed by atoms with E-state index in [1.807, 2.05) is 0 Å². The zero-order valence-electron chi connectivity index (χ0n) is 5.53. The number of carbonyl (C=O) groups is 1. The van der Waals surface area contributed by atoms with Crippen LogP contribution >= 0.6 is 0 Å². The summed E-state index contributed by atoms with van der Waals surface area (Å²) in [4.78, 5) is 10.5. The van der Waals surface area contributed by atoms with Gasteiger partial charge in [-0.15, -0.1) is 0 Å². The van der Waals surface area contributed by atoms with E-state index in [0.29, 0.717) is 11.2 Å². The average Bonchev–Trinajstić information content (AvgIpc) is 1.63. The summed E-state index contributed by atoms with van der Waals surface area (Å²) in [6.45, 7) is 4.32. The molecule has 0 saturated heterocycles. The molecule has 8 heavy (non-hydrogen) atoms. The molecular weight excluding hydrogens is 100 g/mol. The van der Waals surface area contributed by atoms with E-state index in [9.17, 15) is 4.79 Å². The first-order valence-electron chi connectivity index (χ1n) is 3.18. The van der Waals surface area contributed by atoms with Crippen LogP contribution in [-0.4, -0.2) is 5.78 Å². The predicted molar refractivity (Wildman–Crippen MR) is 32.6 cm³/mol. The minimum absolute atomic E-state index is 0.386. The number of Topliss-reactive ketones (excluding diaryl/α,β-unsaturated/α-hetero) is 1. The molecule has 1 fully saturated rings.